The van der Waals surface area contributed by atoms with Crippen molar-refractivity contribution in [2.75, 3.05) is 0 Å². The molecule has 0 aromatic heterocycles. The Morgan fingerprint density at radius 3 is 2.69 bits per heavy atom. The van der Waals surface area contributed by atoms with Gasteiger partial charge in [-0.05, 0) is 17.3 Å². The van der Waals surface area contributed by atoms with Gasteiger partial charge in [0, 0.05) is 17.7 Å². The molecule has 0 spiro atoms. The van der Waals surface area contributed by atoms with Crippen LogP contribution in [-0.4, -0.2) is 5.91 Å². The van der Waals surface area contributed by atoms with Crippen molar-refractivity contribution in [2.45, 2.75) is 13.8 Å². The van der Waals surface area contributed by atoms with Gasteiger partial charge in [-0.2, -0.15) is 0 Å². The van der Waals surface area contributed by atoms with E-state index in [2.05, 4.69) is 10.5 Å². The van der Waals surface area contributed by atoms with Gasteiger partial charge in [0.15, 0.2) is 0 Å². The Morgan fingerprint density at radius 1 is 1.38 bits per heavy atom. The summed E-state index contributed by atoms with van der Waals surface area (Å²) in [6, 6.07) is 6.92. The minimum absolute atomic E-state index is 0.0622. The summed E-state index contributed by atoms with van der Waals surface area (Å²) in [5.41, 5.74) is 1.04. The number of hydrogen-bond acceptors (Lipinski definition) is 3. The largest absolute Gasteiger partial charge is 0.332 e. The van der Waals surface area contributed by atoms with Crippen LogP contribution in [0.2, 0.25) is 0 Å². The molecule has 0 saturated carbocycles. The van der Waals surface area contributed by atoms with E-state index in [4.69, 9.17) is 0 Å². The Labute approximate surface area is 94.3 Å². The summed E-state index contributed by atoms with van der Waals surface area (Å²) >= 11 is 0. The standard InChI is InChI=1S/C12H14N2O2/c1-9(2)12(15)13-8-7-10-5-3-4-6-11(10)14-16/h3-9H,1-2H3,(H,13,15)/b8-7+. The zero-order chi connectivity index (χ0) is 12.0. The van der Waals surface area contributed by atoms with Gasteiger partial charge in [-0.1, -0.05) is 32.0 Å². The maximum absolute atomic E-state index is 11.2. The van der Waals surface area contributed by atoms with Crippen molar-refractivity contribution in [1.82, 2.24) is 5.32 Å². The lowest BCUT2D eigenvalue weighted by Gasteiger charge is -2.02. The van der Waals surface area contributed by atoms with Crippen LogP contribution < -0.4 is 5.32 Å². The van der Waals surface area contributed by atoms with E-state index in [1.807, 2.05) is 13.8 Å². The normalized spacial score (nSPS) is 10.7. The van der Waals surface area contributed by atoms with Gasteiger partial charge in [0.25, 0.3) is 0 Å². The van der Waals surface area contributed by atoms with Gasteiger partial charge in [0.2, 0.25) is 5.91 Å². The van der Waals surface area contributed by atoms with E-state index in [9.17, 15) is 9.70 Å². The highest BCUT2D eigenvalue weighted by atomic mass is 16.3. The number of rotatable bonds is 4. The molecule has 1 aromatic carbocycles. The van der Waals surface area contributed by atoms with Gasteiger partial charge in [0.05, 0.1) is 0 Å². The van der Waals surface area contributed by atoms with E-state index in [0.717, 1.165) is 0 Å². The third-order valence-corrected chi connectivity index (χ3v) is 2.05. The monoisotopic (exact) mass is 218 g/mol. The third kappa shape index (κ3) is 3.31. The summed E-state index contributed by atoms with van der Waals surface area (Å²) in [5.74, 6) is -0.128. The van der Waals surface area contributed by atoms with E-state index in [-0.39, 0.29) is 11.8 Å². The number of amides is 1. The van der Waals surface area contributed by atoms with Crippen LogP contribution in [0.3, 0.4) is 0 Å². The Kier molecular flexibility index (Phi) is 4.39. The molecule has 0 aliphatic heterocycles. The van der Waals surface area contributed by atoms with Crippen molar-refractivity contribution in [2.24, 2.45) is 11.1 Å². The molecule has 1 rings (SSSR count). The summed E-state index contributed by atoms with van der Waals surface area (Å²) in [7, 11) is 0. The minimum atomic E-state index is -0.0657. The lowest BCUT2D eigenvalue weighted by molar-refractivity contribution is -0.122. The second-order valence-corrected chi connectivity index (χ2v) is 3.65. The highest BCUT2D eigenvalue weighted by molar-refractivity contribution is 5.79. The van der Waals surface area contributed by atoms with Gasteiger partial charge in [-0.3, -0.25) is 4.79 Å². The Morgan fingerprint density at radius 2 is 2.06 bits per heavy atom. The molecule has 0 atom stereocenters. The van der Waals surface area contributed by atoms with Crippen LogP contribution in [0.15, 0.2) is 35.6 Å². The van der Waals surface area contributed by atoms with E-state index < -0.39 is 0 Å². The fourth-order valence-electron chi connectivity index (χ4n) is 1.09. The molecule has 0 unspecified atom stereocenters. The van der Waals surface area contributed by atoms with E-state index >= 15 is 0 Å². The van der Waals surface area contributed by atoms with E-state index in [1.54, 1.807) is 30.3 Å². The van der Waals surface area contributed by atoms with E-state index in [1.165, 1.54) is 6.20 Å². The van der Waals surface area contributed by atoms with Crippen LogP contribution in [0.25, 0.3) is 6.08 Å². The fourth-order valence-corrected chi connectivity index (χ4v) is 1.09. The zero-order valence-electron chi connectivity index (χ0n) is 9.31. The van der Waals surface area contributed by atoms with Crippen molar-refractivity contribution >= 4 is 17.7 Å². The third-order valence-electron chi connectivity index (χ3n) is 2.05. The lowest BCUT2D eigenvalue weighted by atomic mass is 10.2. The Bertz CT molecular complexity index is 411. The first-order valence-corrected chi connectivity index (χ1v) is 5.04. The summed E-state index contributed by atoms with van der Waals surface area (Å²) in [6.45, 7) is 3.62. The molecule has 0 radical (unpaired) electrons. The highest BCUT2D eigenvalue weighted by Gasteiger charge is 2.03. The number of nitrogens with zero attached hydrogens (tertiary/aromatic N) is 1. The average Bonchev–Trinajstić information content (AvgIpc) is 2.29. The molecule has 0 bridgehead atoms. The first-order chi connectivity index (χ1) is 7.65. The summed E-state index contributed by atoms with van der Waals surface area (Å²) in [6.07, 6.45) is 3.17. The SMILES string of the molecule is CC(C)C(=O)N/C=C/c1ccccc1N=O. The molecule has 0 saturated heterocycles. The van der Waals surface area contributed by atoms with Crippen molar-refractivity contribution in [3.63, 3.8) is 0 Å². The van der Waals surface area contributed by atoms with Crippen molar-refractivity contribution in [3.8, 4) is 0 Å². The molecule has 4 heteroatoms. The number of hydrogen-bond donors (Lipinski definition) is 1. The second kappa shape index (κ2) is 5.80. The topological polar surface area (TPSA) is 58.5 Å². The van der Waals surface area contributed by atoms with Crippen LogP contribution >= 0.6 is 0 Å². The van der Waals surface area contributed by atoms with Gasteiger partial charge >= 0.3 is 0 Å². The molecule has 1 amide bonds. The smallest absolute Gasteiger partial charge is 0.226 e. The molecule has 1 N–H and O–H groups in total. The molecule has 0 aliphatic carbocycles. The predicted octanol–water partition coefficient (Wildman–Crippen LogP) is 2.83. The molecule has 4 nitrogen and oxygen atoms in total. The fraction of sp³-hybridized carbons (Fsp3) is 0.250. The van der Waals surface area contributed by atoms with Crippen LogP contribution in [0.1, 0.15) is 19.4 Å². The summed E-state index contributed by atoms with van der Waals surface area (Å²) < 4.78 is 0. The van der Waals surface area contributed by atoms with Crippen LogP contribution in [-0.2, 0) is 4.79 Å². The average molecular weight is 218 g/mol. The lowest BCUT2D eigenvalue weighted by Crippen LogP contribution is -2.22. The maximum atomic E-state index is 11.2. The van der Waals surface area contributed by atoms with Gasteiger partial charge < -0.3 is 5.32 Å². The predicted molar refractivity (Wildman–Crippen MR) is 63.9 cm³/mol. The molecule has 0 aliphatic rings. The molecular formula is C12H14N2O2. The first kappa shape index (κ1) is 12.1. The Balaban J connectivity index is 2.69. The molecule has 16 heavy (non-hydrogen) atoms. The zero-order valence-corrected chi connectivity index (χ0v) is 9.31. The number of nitrogens with one attached hydrogen (secondary N) is 1. The number of carbonyl (C=O) groups excluding carboxylic acids is 1. The van der Waals surface area contributed by atoms with Crippen molar-refractivity contribution in [1.29, 1.82) is 0 Å². The first-order valence-electron chi connectivity index (χ1n) is 5.04. The van der Waals surface area contributed by atoms with Crippen molar-refractivity contribution in [3.05, 3.63) is 40.9 Å². The molecule has 1 aromatic rings. The number of benzene rings is 1. The maximum Gasteiger partial charge on any atom is 0.226 e. The molecular weight excluding hydrogens is 204 g/mol. The summed E-state index contributed by atoms with van der Waals surface area (Å²) in [4.78, 5) is 21.7. The highest BCUT2D eigenvalue weighted by Crippen LogP contribution is 2.18. The van der Waals surface area contributed by atoms with E-state index in [0.29, 0.717) is 11.3 Å². The summed E-state index contributed by atoms with van der Waals surface area (Å²) in [5, 5.41) is 5.51. The Hall–Kier alpha value is -1.97. The molecule has 0 heterocycles. The quantitative estimate of drug-likeness (QED) is 0.790. The number of nitroso groups, excluding NO2 is 1. The second-order valence-electron chi connectivity index (χ2n) is 3.65. The van der Waals surface area contributed by atoms with Crippen LogP contribution in [0, 0.1) is 10.8 Å². The van der Waals surface area contributed by atoms with Crippen LogP contribution in [0.5, 0.6) is 0 Å². The number of carbonyl (C=O) groups is 1. The van der Waals surface area contributed by atoms with Gasteiger partial charge in [0.1, 0.15) is 5.69 Å². The molecule has 0 fully saturated rings. The van der Waals surface area contributed by atoms with Crippen LogP contribution in [0.4, 0.5) is 5.69 Å². The van der Waals surface area contributed by atoms with Crippen molar-refractivity contribution < 1.29 is 4.79 Å². The van der Waals surface area contributed by atoms with Gasteiger partial charge in [-0.15, -0.1) is 4.91 Å². The van der Waals surface area contributed by atoms with Gasteiger partial charge in [-0.25, -0.2) is 0 Å². The minimum Gasteiger partial charge on any atom is -0.332 e. The molecule has 84 valence electrons.